The fourth-order valence-electron chi connectivity index (χ4n) is 2.05. The zero-order valence-electron chi connectivity index (χ0n) is 10.6. The number of H-pyrrole nitrogens is 1. The SMILES string of the molecule is Oc1[nH]c2cc(Cl)ccc2c1C=Nc1c(Cl)cccc1Cl. The Morgan fingerprint density at radius 1 is 1.05 bits per heavy atom. The topological polar surface area (TPSA) is 48.4 Å². The van der Waals surface area contributed by atoms with Gasteiger partial charge in [0.05, 0.1) is 21.1 Å². The van der Waals surface area contributed by atoms with Crippen LogP contribution in [0.3, 0.4) is 0 Å². The number of hydrogen-bond donors (Lipinski definition) is 2. The van der Waals surface area contributed by atoms with Gasteiger partial charge in [0.15, 0.2) is 5.88 Å². The zero-order valence-corrected chi connectivity index (χ0v) is 12.8. The Bertz CT molecular complexity index is 835. The number of fused-ring (bicyclic) bond motifs is 1. The molecule has 2 aromatic carbocycles. The highest BCUT2D eigenvalue weighted by molar-refractivity contribution is 6.38. The summed E-state index contributed by atoms with van der Waals surface area (Å²) >= 11 is 18.0. The maximum atomic E-state index is 9.99. The molecule has 3 aromatic rings. The molecule has 0 bridgehead atoms. The van der Waals surface area contributed by atoms with Crippen LogP contribution >= 0.6 is 34.8 Å². The minimum Gasteiger partial charge on any atom is -0.494 e. The van der Waals surface area contributed by atoms with Gasteiger partial charge in [-0.3, -0.25) is 4.99 Å². The lowest BCUT2D eigenvalue weighted by atomic mass is 10.2. The molecular weight excluding hydrogens is 331 g/mol. The number of benzene rings is 2. The van der Waals surface area contributed by atoms with E-state index < -0.39 is 0 Å². The Labute approximate surface area is 135 Å². The van der Waals surface area contributed by atoms with E-state index in [2.05, 4.69) is 9.98 Å². The van der Waals surface area contributed by atoms with E-state index >= 15 is 0 Å². The van der Waals surface area contributed by atoms with Crippen LogP contribution in [0.15, 0.2) is 41.4 Å². The van der Waals surface area contributed by atoms with Crippen molar-refractivity contribution in [1.82, 2.24) is 4.98 Å². The second kappa shape index (κ2) is 5.60. The first-order valence-electron chi connectivity index (χ1n) is 6.04. The molecule has 0 unspecified atom stereocenters. The molecule has 0 aliphatic heterocycles. The van der Waals surface area contributed by atoms with Crippen LogP contribution < -0.4 is 0 Å². The van der Waals surface area contributed by atoms with Gasteiger partial charge >= 0.3 is 0 Å². The van der Waals surface area contributed by atoms with E-state index in [0.717, 1.165) is 10.9 Å². The highest BCUT2D eigenvalue weighted by atomic mass is 35.5. The Kier molecular flexibility index (Phi) is 3.81. The van der Waals surface area contributed by atoms with Gasteiger partial charge in [0.25, 0.3) is 0 Å². The van der Waals surface area contributed by atoms with E-state index in [4.69, 9.17) is 34.8 Å². The van der Waals surface area contributed by atoms with E-state index in [1.54, 1.807) is 30.3 Å². The lowest BCUT2D eigenvalue weighted by molar-refractivity contribution is 0.457. The number of nitrogens with zero attached hydrogens (tertiary/aromatic N) is 1. The number of nitrogens with one attached hydrogen (secondary N) is 1. The number of para-hydroxylation sites is 1. The summed E-state index contributed by atoms with van der Waals surface area (Å²) < 4.78 is 0. The fourth-order valence-corrected chi connectivity index (χ4v) is 2.72. The van der Waals surface area contributed by atoms with E-state index in [9.17, 15) is 5.11 Å². The molecule has 21 heavy (non-hydrogen) atoms. The summed E-state index contributed by atoms with van der Waals surface area (Å²) in [6, 6.07) is 10.4. The van der Waals surface area contributed by atoms with Crippen LogP contribution in [0.5, 0.6) is 5.88 Å². The molecule has 1 aromatic heterocycles. The van der Waals surface area contributed by atoms with Gasteiger partial charge in [-0.25, -0.2) is 0 Å². The van der Waals surface area contributed by atoms with Crippen molar-refractivity contribution in [3.05, 3.63) is 57.0 Å². The maximum absolute atomic E-state index is 9.99. The first-order chi connectivity index (χ1) is 10.1. The second-order valence-corrected chi connectivity index (χ2v) is 5.66. The standard InChI is InChI=1S/C15H9Cl3N2O/c16-8-4-5-9-10(15(21)20-13(9)6-8)7-19-14-11(17)2-1-3-12(14)18/h1-7,20-21H. The summed E-state index contributed by atoms with van der Waals surface area (Å²) in [5, 5.41) is 12.3. The summed E-state index contributed by atoms with van der Waals surface area (Å²) in [7, 11) is 0. The molecule has 6 heteroatoms. The summed E-state index contributed by atoms with van der Waals surface area (Å²) in [6.45, 7) is 0. The molecule has 3 nitrogen and oxygen atoms in total. The molecule has 3 rings (SSSR count). The Balaban J connectivity index is 2.10. The molecule has 106 valence electrons. The molecule has 0 saturated heterocycles. The van der Waals surface area contributed by atoms with E-state index in [-0.39, 0.29) is 5.88 Å². The van der Waals surface area contributed by atoms with Crippen molar-refractivity contribution in [2.45, 2.75) is 0 Å². The van der Waals surface area contributed by atoms with Crippen LogP contribution in [0.2, 0.25) is 15.1 Å². The quantitative estimate of drug-likeness (QED) is 0.588. The highest BCUT2D eigenvalue weighted by Crippen LogP contribution is 2.34. The van der Waals surface area contributed by atoms with E-state index in [1.807, 2.05) is 6.07 Å². The average molecular weight is 340 g/mol. The van der Waals surface area contributed by atoms with Crippen molar-refractivity contribution >= 4 is 57.6 Å². The summed E-state index contributed by atoms with van der Waals surface area (Å²) in [6.07, 6.45) is 1.52. The van der Waals surface area contributed by atoms with Gasteiger partial charge in [0.1, 0.15) is 5.69 Å². The van der Waals surface area contributed by atoms with Crippen LogP contribution in [0, 0.1) is 0 Å². The van der Waals surface area contributed by atoms with Gasteiger partial charge in [0.2, 0.25) is 0 Å². The lowest BCUT2D eigenvalue weighted by Crippen LogP contribution is -1.80. The van der Waals surface area contributed by atoms with Crippen molar-refractivity contribution in [1.29, 1.82) is 0 Å². The first-order valence-corrected chi connectivity index (χ1v) is 7.18. The number of aliphatic imine (C=N–C) groups is 1. The number of aromatic nitrogens is 1. The van der Waals surface area contributed by atoms with Crippen molar-refractivity contribution in [3.8, 4) is 5.88 Å². The number of hydrogen-bond acceptors (Lipinski definition) is 2. The third-order valence-corrected chi connectivity index (χ3v) is 3.89. The van der Waals surface area contributed by atoms with Crippen molar-refractivity contribution < 1.29 is 5.11 Å². The molecule has 0 aliphatic carbocycles. The Morgan fingerprint density at radius 2 is 1.76 bits per heavy atom. The number of halogens is 3. The van der Waals surface area contributed by atoms with Gasteiger partial charge in [-0.05, 0) is 24.3 Å². The molecule has 0 saturated carbocycles. The first kappa shape index (κ1) is 14.3. The smallest absolute Gasteiger partial charge is 0.198 e. The maximum Gasteiger partial charge on any atom is 0.198 e. The number of aromatic amines is 1. The van der Waals surface area contributed by atoms with Crippen LogP contribution in [0.4, 0.5) is 5.69 Å². The third kappa shape index (κ3) is 2.72. The fraction of sp³-hybridized carbons (Fsp3) is 0. The minimum atomic E-state index is 0.0131. The molecule has 0 aliphatic rings. The largest absolute Gasteiger partial charge is 0.494 e. The predicted molar refractivity (Wildman–Crippen MR) is 88.7 cm³/mol. The molecule has 0 spiro atoms. The Hall–Kier alpha value is -1.68. The molecule has 2 N–H and O–H groups in total. The second-order valence-electron chi connectivity index (χ2n) is 4.41. The normalized spacial score (nSPS) is 11.6. The zero-order chi connectivity index (χ0) is 15.0. The summed E-state index contributed by atoms with van der Waals surface area (Å²) in [5.41, 5.74) is 1.74. The average Bonchev–Trinajstić information content (AvgIpc) is 2.73. The molecular formula is C15H9Cl3N2O. The van der Waals surface area contributed by atoms with Crippen LogP contribution in [0.1, 0.15) is 5.56 Å². The summed E-state index contributed by atoms with van der Waals surface area (Å²) in [5.74, 6) is 0.0131. The highest BCUT2D eigenvalue weighted by Gasteiger charge is 2.10. The van der Waals surface area contributed by atoms with Gasteiger partial charge in [-0.1, -0.05) is 46.9 Å². The van der Waals surface area contributed by atoms with Crippen LogP contribution in [0.25, 0.3) is 10.9 Å². The molecule has 0 fully saturated rings. The van der Waals surface area contributed by atoms with E-state index in [1.165, 1.54) is 6.21 Å². The van der Waals surface area contributed by atoms with Gasteiger partial charge in [-0.2, -0.15) is 0 Å². The van der Waals surface area contributed by atoms with E-state index in [0.29, 0.717) is 26.3 Å². The molecule has 0 amide bonds. The van der Waals surface area contributed by atoms with Crippen LogP contribution in [-0.2, 0) is 0 Å². The van der Waals surface area contributed by atoms with Crippen molar-refractivity contribution in [2.75, 3.05) is 0 Å². The molecule has 1 heterocycles. The van der Waals surface area contributed by atoms with Crippen molar-refractivity contribution in [2.24, 2.45) is 4.99 Å². The van der Waals surface area contributed by atoms with Gasteiger partial charge in [-0.15, -0.1) is 0 Å². The number of aromatic hydroxyl groups is 1. The predicted octanol–water partition coefficient (Wildman–Crippen LogP) is 5.58. The van der Waals surface area contributed by atoms with Crippen molar-refractivity contribution in [3.63, 3.8) is 0 Å². The van der Waals surface area contributed by atoms with Gasteiger partial charge < -0.3 is 10.1 Å². The van der Waals surface area contributed by atoms with Crippen LogP contribution in [-0.4, -0.2) is 16.3 Å². The minimum absolute atomic E-state index is 0.0131. The lowest BCUT2D eigenvalue weighted by Gasteiger charge is -2.00. The molecule has 0 radical (unpaired) electrons. The molecule has 0 atom stereocenters. The Morgan fingerprint density at radius 3 is 2.48 bits per heavy atom. The summed E-state index contributed by atoms with van der Waals surface area (Å²) in [4.78, 5) is 7.13. The van der Waals surface area contributed by atoms with Gasteiger partial charge in [0, 0.05) is 16.6 Å². The third-order valence-electron chi connectivity index (χ3n) is 3.04. The monoisotopic (exact) mass is 338 g/mol. The number of rotatable bonds is 2.